The van der Waals surface area contributed by atoms with Crippen molar-refractivity contribution in [3.05, 3.63) is 0 Å². The van der Waals surface area contributed by atoms with Crippen LogP contribution in [0, 0.1) is 0 Å². The minimum atomic E-state index is -3.02. The Labute approximate surface area is 175 Å². The molecule has 1 atom stereocenters. The molecule has 6 heteroatoms. The fraction of sp³-hybridized carbons (Fsp3) is 1.00. The lowest BCUT2D eigenvalue weighted by Gasteiger charge is -2.33. The van der Waals surface area contributed by atoms with Gasteiger partial charge in [0.1, 0.15) is 0 Å². The van der Waals surface area contributed by atoms with Gasteiger partial charge in [0.25, 0.3) is 0 Å². The Morgan fingerprint density at radius 3 is 1.86 bits per heavy atom. The average Bonchev–Trinajstić information content (AvgIpc) is 2.67. The van der Waals surface area contributed by atoms with E-state index in [0.29, 0.717) is 19.1 Å². The highest BCUT2D eigenvalue weighted by atomic mass is 32.2. The van der Waals surface area contributed by atoms with Gasteiger partial charge in [-0.25, -0.2) is 8.42 Å². The summed E-state index contributed by atoms with van der Waals surface area (Å²) in [7, 11) is -3.02. The highest BCUT2D eigenvalue weighted by Gasteiger charge is 2.22. The molecule has 168 valence electrons. The molecule has 28 heavy (non-hydrogen) atoms. The van der Waals surface area contributed by atoms with Gasteiger partial charge in [-0.05, 0) is 32.4 Å². The van der Waals surface area contributed by atoms with Crippen LogP contribution < -0.4 is 5.32 Å². The fourth-order valence-corrected chi connectivity index (χ4v) is 4.88. The van der Waals surface area contributed by atoms with Crippen molar-refractivity contribution in [2.24, 2.45) is 0 Å². The van der Waals surface area contributed by atoms with Crippen molar-refractivity contribution in [3.63, 3.8) is 0 Å². The van der Waals surface area contributed by atoms with Gasteiger partial charge in [-0.15, -0.1) is 0 Å². The SMILES string of the molecule is CCCCCCCC(CCCCCC)NCCCN1CCN(S(C)(=O)=O)CC1. The molecule has 1 N–H and O–H groups in total. The Hall–Kier alpha value is -0.170. The van der Waals surface area contributed by atoms with Crippen LogP contribution in [0.2, 0.25) is 0 Å². The van der Waals surface area contributed by atoms with E-state index in [1.165, 1.54) is 76.9 Å². The normalized spacial score (nSPS) is 17.8. The monoisotopic (exact) mass is 417 g/mol. The number of hydrogen-bond acceptors (Lipinski definition) is 4. The summed E-state index contributed by atoms with van der Waals surface area (Å²) in [5, 5.41) is 3.83. The van der Waals surface area contributed by atoms with E-state index >= 15 is 0 Å². The zero-order valence-electron chi connectivity index (χ0n) is 18.9. The highest BCUT2D eigenvalue weighted by molar-refractivity contribution is 7.88. The van der Waals surface area contributed by atoms with E-state index in [4.69, 9.17) is 0 Å². The van der Waals surface area contributed by atoms with Crippen molar-refractivity contribution in [2.45, 2.75) is 96.9 Å². The standard InChI is InChI=1S/C22H47N3O2S/c1-4-6-8-10-12-15-22(14-11-9-7-5-2)23-16-13-17-24-18-20-25(21-19-24)28(3,26)27/h22-23H,4-21H2,1-3H3. The van der Waals surface area contributed by atoms with Crippen molar-refractivity contribution < 1.29 is 8.42 Å². The van der Waals surface area contributed by atoms with Crippen LogP contribution in [0.1, 0.15) is 90.9 Å². The van der Waals surface area contributed by atoms with Crippen molar-refractivity contribution in [1.82, 2.24) is 14.5 Å². The summed E-state index contributed by atoms with van der Waals surface area (Å²) < 4.78 is 24.8. The second-order valence-electron chi connectivity index (χ2n) is 8.56. The molecule has 0 amide bonds. The third-order valence-corrected chi connectivity index (χ3v) is 7.25. The van der Waals surface area contributed by atoms with Crippen molar-refractivity contribution >= 4 is 10.0 Å². The maximum Gasteiger partial charge on any atom is 0.211 e. The molecule has 0 aromatic heterocycles. The predicted molar refractivity (Wildman–Crippen MR) is 121 cm³/mol. The Morgan fingerprint density at radius 2 is 1.32 bits per heavy atom. The molecule has 1 rings (SSSR count). The van der Waals surface area contributed by atoms with Gasteiger partial charge in [-0.2, -0.15) is 4.31 Å². The minimum absolute atomic E-state index is 0.643. The summed E-state index contributed by atoms with van der Waals surface area (Å²) >= 11 is 0. The van der Waals surface area contributed by atoms with E-state index in [0.717, 1.165) is 32.6 Å². The van der Waals surface area contributed by atoms with E-state index in [2.05, 4.69) is 24.1 Å². The molecule has 1 aliphatic rings. The van der Waals surface area contributed by atoms with Gasteiger partial charge < -0.3 is 10.2 Å². The van der Waals surface area contributed by atoms with Gasteiger partial charge in [0.2, 0.25) is 10.0 Å². The fourth-order valence-electron chi connectivity index (χ4n) is 4.05. The van der Waals surface area contributed by atoms with Gasteiger partial charge in [0.05, 0.1) is 6.26 Å². The molecule has 1 heterocycles. The van der Waals surface area contributed by atoms with Crippen molar-refractivity contribution in [1.29, 1.82) is 0 Å². The molecule has 1 fully saturated rings. The second kappa shape index (κ2) is 15.6. The zero-order chi connectivity index (χ0) is 20.7. The highest BCUT2D eigenvalue weighted by Crippen LogP contribution is 2.13. The van der Waals surface area contributed by atoms with Gasteiger partial charge in [0, 0.05) is 32.2 Å². The number of piperazine rings is 1. The Kier molecular flexibility index (Phi) is 14.4. The molecule has 0 aromatic carbocycles. The third kappa shape index (κ3) is 12.4. The Balaban J connectivity index is 2.19. The predicted octanol–water partition coefficient (Wildman–Crippen LogP) is 4.24. The number of unbranched alkanes of at least 4 members (excludes halogenated alkanes) is 7. The van der Waals surface area contributed by atoms with Crippen LogP contribution in [0.4, 0.5) is 0 Å². The summed E-state index contributed by atoms with van der Waals surface area (Å²) in [5.74, 6) is 0. The van der Waals surface area contributed by atoms with E-state index in [1.807, 2.05) is 0 Å². The first kappa shape index (κ1) is 25.9. The van der Waals surface area contributed by atoms with Gasteiger partial charge >= 0.3 is 0 Å². The number of nitrogens with zero attached hydrogens (tertiary/aromatic N) is 2. The molecule has 0 aliphatic carbocycles. The van der Waals surface area contributed by atoms with Crippen molar-refractivity contribution in [3.8, 4) is 0 Å². The van der Waals surface area contributed by atoms with Crippen LogP contribution in [0.3, 0.4) is 0 Å². The van der Waals surface area contributed by atoms with E-state index in [9.17, 15) is 8.42 Å². The first-order valence-corrected chi connectivity index (χ1v) is 13.7. The lowest BCUT2D eigenvalue weighted by molar-refractivity contribution is 0.186. The number of sulfonamides is 1. The minimum Gasteiger partial charge on any atom is -0.314 e. The second-order valence-corrected chi connectivity index (χ2v) is 10.5. The molecule has 0 spiro atoms. The average molecular weight is 418 g/mol. The van der Waals surface area contributed by atoms with Crippen LogP contribution in [-0.2, 0) is 10.0 Å². The van der Waals surface area contributed by atoms with E-state index in [1.54, 1.807) is 4.31 Å². The summed E-state index contributed by atoms with van der Waals surface area (Å²) in [6, 6.07) is 0.681. The third-order valence-electron chi connectivity index (χ3n) is 5.95. The maximum atomic E-state index is 11.6. The largest absolute Gasteiger partial charge is 0.314 e. The molecule has 1 aliphatic heterocycles. The van der Waals surface area contributed by atoms with E-state index in [-0.39, 0.29) is 0 Å². The van der Waals surface area contributed by atoms with Crippen LogP contribution in [0.15, 0.2) is 0 Å². The maximum absolute atomic E-state index is 11.6. The van der Waals surface area contributed by atoms with E-state index < -0.39 is 10.0 Å². The van der Waals surface area contributed by atoms with Crippen molar-refractivity contribution in [2.75, 3.05) is 45.5 Å². The topological polar surface area (TPSA) is 52.6 Å². The molecule has 0 bridgehead atoms. The van der Waals surface area contributed by atoms with Gasteiger partial charge in [0.15, 0.2) is 0 Å². The quantitative estimate of drug-likeness (QED) is 0.360. The molecule has 0 aromatic rings. The summed E-state index contributed by atoms with van der Waals surface area (Å²) in [6.45, 7) is 9.73. The molecule has 1 unspecified atom stereocenters. The van der Waals surface area contributed by atoms with Crippen LogP contribution >= 0.6 is 0 Å². The first-order chi connectivity index (χ1) is 13.5. The molecular formula is C22H47N3O2S. The first-order valence-electron chi connectivity index (χ1n) is 11.9. The molecule has 0 saturated carbocycles. The smallest absolute Gasteiger partial charge is 0.211 e. The van der Waals surface area contributed by atoms with Crippen LogP contribution in [0.5, 0.6) is 0 Å². The zero-order valence-corrected chi connectivity index (χ0v) is 19.7. The van der Waals surface area contributed by atoms with Crippen LogP contribution in [-0.4, -0.2) is 69.2 Å². The molecule has 1 saturated heterocycles. The number of rotatable bonds is 17. The lowest BCUT2D eigenvalue weighted by Crippen LogP contribution is -2.48. The molecule has 5 nitrogen and oxygen atoms in total. The summed E-state index contributed by atoms with van der Waals surface area (Å²) in [6.07, 6.45) is 17.3. The van der Waals surface area contributed by atoms with Crippen LogP contribution in [0.25, 0.3) is 0 Å². The summed E-state index contributed by atoms with van der Waals surface area (Å²) in [5.41, 5.74) is 0. The molecule has 0 radical (unpaired) electrons. The number of hydrogen-bond donors (Lipinski definition) is 1. The Morgan fingerprint density at radius 1 is 0.786 bits per heavy atom. The Bertz CT molecular complexity index is 462. The van der Waals surface area contributed by atoms with Gasteiger partial charge in [-0.1, -0.05) is 71.6 Å². The molecular weight excluding hydrogens is 370 g/mol. The summed E-state index contributed by atoms with van der Waals surface area (Å²) in [4.78, 5) is 2.41. The lowest BCUT2D eigenvalue weighted by atomic mass is 10.0. The van der Waals surface area contributed by atoms with Gasteiger partial charge in [-0.3, -0.25) is 0 Å². The number of nitrogens with one attached hydrogen (secondary N) is 1.